The van der Waals surface area contributed by atoms with Crippen molar-refractivity contribution in [1.29, 1.82) is 0 Å². The van der Waals surface area contributed by atoms with Crippen molar-refractivity contribution < 1.29 is 0 Å². The van der Waals surface area contributed by atoms with Crippen LogP contribution in [-0.2, 0) is 0 Å². The van der Waals surface area contributed by atoms with Gasteiger partial charge in [-0.2, -0.15) is 0 Å². The van der Waals surface area contributed by atoms with Gasteiger partial charge in [0.2, 0.25) is 0 Å². The van der Waals surface area contributed by atoms with Gasteiger partial charge in [-0.05, 0) is 60.1 Å². The van der Waals surface area contributed by atoms with E-state index in [4.69, 9.17) is 4.98 Å². The van der Waals surface area contributed by atoms with Gasteiger partial charge in [0.05, 0.1) is 11.9 Å². The smallest absolute Gasteiger partial charge is 0.109 e. The zero-order valence-electron chi connectivity index (χ0n) is 12.9. The number of aromatic nitrogens is 2. The van der Waals surface area contributed by atoms with Crippen molar-refractivity contribution in [3.8, 4) is 11.3 Å². The van der Waals surface area contributed by atoms with Crippen LogP contribution >= 0.6 is 15.9 Å². The molecule has 1 heterocycles. The highest BCUT2D eigenvalue weighted by Crippen LogP contribution is 2.52. The predicted octanol–water partition coefficient (Wildman–Crippen LogP) is 5.90. The highest BCUT2D eigenvalue weighted by atomic mass is 79.9. The third-order valence-corrected chi connectivity index (χ3v) is 6.29. The van der Waals surface area contributed by atoms with E-state index < -0.39 is 0 Å². The number of benzene rings is 2. The first-order chi connectivity index (χ1) is 11.3. The van der Waals surface area contributed by atoms with Crippen molar-refractivity contribution in [2.45, 2.75) is 31.6 Å². The van der Waals surface area contributed by atoms with E-state index in [1.54, 1.807) is 0 Å². The molecule has 3 heteroatoms. The lowest BCUT2D eigenvalue weighted by Gasteiger charge is -2.19. The average Bonchev–Trinajstić information content (AvgIpc) is 3.30. The van der Waals surface area contributed by atoms with Gasteiger partial charge >= 0.3 is 0 Å². The molecule has 2 bridgehead atoms. The maximum Gasteiger partial charge on any atom is 0.109 e. The predicted molar refractivity (Wildman–Crippen MR) is 97.4 cm³/mol. The number of halogens is 1. The molecule has 3 aromatic rings. The Morgan fingerprint density at radius 2 is 1.87 bits per heavy atom. The molecule has 2 aliphatic carbocycles. The van der Waals surface area contributed by atoms with Gasteiger partial charge in [0, 0.05) is 16.0 Å². The monoisotopic (exact) mass is 366 g/mol. The lowest BCUT2D eigenvalue weighted by atomic mass is 9.88. The molecule has 1 N–H and O–H groups in total. The zero-order chi connectivity index (χ0) is 15.4. The minimum absolute atomic E-state index is 0.666. The van der Waals surface area contributed by atoms with Gasteiger partial charge in [-0.3, -0.25) is 0 Å². The fraction of sp³-hybridized carbons (Fsp3) is 0.350. The highest BCUT2D eigenvalue weighted by Gasteiger charge is 2.41. The number of fused-ring (bicyclic) bond motifs is 3. The van der Waals surface area contributed by atoms with E-state index in [0.29, 0.717) is 5.92 Å². The number of nitrogens with zero attached hydrogens (tertiary/aromatic N) is 1. The fourth-order valence-electron chi connectivity index (χ4n) is 4.64. The van der Waals surface area contributed by atoms with E-state index in [1.807, 2.05) is 6.20 Å². The van der Waals surface area contributed by atoms with Crippen LogP contribution in [0.2, 0.25) is 0 Å². The molecule has 3 atom stereocenters. The SMILES string of the molecule is Brc1ccc2cc(-c3cnc([C@H]4C[C@@H]5CC[C@H]4C5)[nH]3)ccc2c1. The molecule has 0 aliphatic heterocycles. The molecule has 0 radical (unpaired) electrons. The molecular formula is C20H19BrN2. The van der Waals surface area contributed by atoms with Crippen LogP contribution in [0.4, 0.5) is 0 Å². The molecule has 0 unspecified atom stereocenters. The third kappa shape index (κ3) is 2.33. The highest BCUT2D eigenvalue weighted by molar-refractivity contribution is 9.10. The molecule has 5 rings (SSSR count). The van der Waals surface area contributed by atoms with Crippen LogP contribution < -0.4 is 0 Å². The Balaban J connectivity index is 1.49. The van der Waals surface area contributed by atoms with Gasteiger partial charge in [-0.15, -0.1) is 0 Å². The largest absolute Gasteiger partial charge is 0.342 e. The first kappa shape index (κ1) is 13.8. The second-order valence-electron chi connectivity index (χ2n) is 7.17. The molecule has 2 aliphatic rings. The first-order valence-corrected chi connectivity index (χ1v) is 9.30. The van der Waals surface area contributed by atoms with Crippen LogP contribution in [0.15, 0.2) is 47.1 Å². The summed E-state index contributed by atoms with van der Waals surface area (Å²) in [5, 5.41) is 2.53. The standard InChI is InChI=1S/C20H19BrN2/c21-17-6-5-13-9-16(4-3-14(13)10-17)19-11-22-20(23-19)18-8-12-1-2-15(18)7-12/h3-6,9-12,15,18H,1-2,7-8H2,(H,22,23)/t12-,15+,18+/m1/s1. The lowest BCUT2D eigenvalue weighted by molar-refractivity contribution is 0.407. The Kier molecular flexibility index (Phi) is 3.12. The van der Waals surface area contributed by atoms with Crippen molar-refractivity contribution in [3.63, 3.8) is 0 Å². The molecule has 116 valence electrons. The number of imidazole rings is 1. The van der Waals surface area contributed by atoms with Crippen molar-refractivity contribution >= 4 is 26.7 Å². The van der Waals surface area contributed by atoms with Crippen LogP contribution in [0.1, 0.15) is 37.4 Å². The average molecular weight is 367 g/mol. The topological polar surface area (TPSA) is 28.7 Å². The maximum atomic E-state index is 4.72. The van der Waals surface area contributed by atoms with E-state index in [2.05, 4.69) is 57.3 Å². The molecule has 23 heavy (non-hydrogen) atoms. The van der Waals surface area contributed by atoms with Gasteiger partial charge in [-0.1, -0.05) is 40.5 Å². The zero-order valence-corrected chi connectivity index (χ0v) is 14.5. The van der Waals surface area contributed by atoms with Gasteiger partial charge in [-0.25, -0.2) is 4.98 Å². The first-order valence-electron chi connectivity index (χ1n) is 8.51. The normalized spacial score (nSPS) is 26.2. The Bertz CT molecular complexity index is 882. The quantitative estimate of drug-likeness (QED) is 0.601. The second kappa shape index (κ2) is 5.20. The molecule has 2 aromatic carbocycles. The minimum Gasteiger partial charge on any atom is -0.342 e. The van der Waals surface area contributed by atoms with Crippen LogP contribution in [0.3, 0.4) is 0 Å². The molecule has 2 saturated carbocycles. The summed E-state index contributed by atoms with van der Waals surface area (Å²) >= 11 is 3.54. The summed E-state index contributed by atoms with van der Waals surface area (Å²) in [5.41, 5.74) is 2.37. The summed E-state index contributed by atoms with van der Waals surface area (Å²) in [6.07, 6.45) is 7.61. The fourth-order valence-corrected chi connectivity index (χ4v) is 5.01. The molecule has 2 nitrogen and oxygen atoms in total. The number of H-pyrrole nitrogens is 1. The van der Waals surface area contributed by atoms with Gasteiger partial charge in [0.1, 0.15) is 5.82 Å². The summed E-state index contributed by atoms with van der Waals surface area (Å²) in [7, 11) is 0. The van der Waals surface area contributed by atoms with Crippen molar-refractivity contribution in [2.24, 2.45) is 11.8 Å². The molecular weight excluding hydrogens is 348 g/mol. The van der Waals surface area contributed by atoms with Gasteiger partial charge in [0.25, 0.3) is 0 Å². The molecule has 0 spiro atoms. The lowest BCUT2D eigenvalue weighted by Crippen LogP contribution is -2.09. The number of rotatable bonds is 2. The summed E-state index contributed by atoms with van der Waals surface area (Å²) in [4.78, 5) is 8.34. The molecule has 1 aromatic heterocycles. The summed E-state index contributed by atoms with van der Waals surface area (Å²) in [6, 6.07) is 13.0. The third-order valence-electron chi connectivity index (χ3n) is 5.80. The minimum atomic E-state index is 0.666. The summed E-state index contributed by atoms with van der Waals surface area (Å²) < 4.78 is 1.12. The second-order valence-corrected chi connectivity index (χ2v) is 8.09. The van der Waals surface area contributed by atoms with Crippen molar-refractivity contribution in [3.05, 3.63) is 52.9 Å². The van der Waals surface area contributed by atoms with E-state index in [-0.39, 0.29) is 0 Å². The number of hydrogen-bond acceptors (Lipinski definition) is 1. The van der Waals surface area contributed by atoms with E-state index in [0.717, 1.165) is 22.0 Å². The number of aromatic amines is 1. The molecule has 2 fully saturated rings. The van der Waals surface area contributed by atoms with E-state index in [9.17, 15) is 0 Å². The van der Waals surface area contributed by atoms with E-state index >= 15 is 0 Å². The summed E-state index contributed by atoms with van der Waals surface area (Å²) in [6.45, 7) is 0. The van der Waals surface area contributed by atoms with E-state index in [1.165, 1.54) is 47.8 Å². The van der Waals surface area contributed by atoms with Gasteiger partial charge < -0.3 is 4.98 Å². The van der Waals surface area contributed by atoms with Crippen molar-refractivity contribution in [1.82, 2.24) is 9.97 Å². The van der Waals surface area contributed by atoms with Crippen LogP contribution in [0.5, 0.6) is 0 Å². The molecule has 0 saturated heterocycles. The Hall–Kier alpha value is -1.61. The Morgan fingerprint density at radius 1 is 1.00 bits per heavy atom. The van der Waals surface area contributed by atoms with Crippen molar-refractivity contribution in [2.75, 3.05) is 0 Å². The number of nitrogens with one attached hydrogen (secondary N) is 1. The van der Waals surface area contributed by atoms with Crippen LogP contribution in [0, 0.1) is 11.8 Å². The maximum absolute atomic E-state index is 4.72. The van der Waals surface area contributed by atoms with Crippen LogP contribution in [-0.4, -0.2) is 9.97 Å². The number of hydrogen-bond donors (Lipinski definition) is 1. The Labute approximate surface area is 144 Å². The van der Waals surface area contributed by atoms with Gasteiger partial charge in [0.15, 0.2) is 0 Å². The molecule has 0 amide bonds. The summed E-state index contributed by atoms with van der Waals surface area (Å²) in [5.74, 6) is 3.70. The van der Waals surface area contributed by atoms with Crippen LogP contribution in [0.25, 0.3) is 22.0 Å². The Morgan fingerprint density at radius 3 is 2.70 bits per heavy atom.